The summed E-state index contributed by atoms with van der Waals surface area (Å²) < 4.78 is 41.8. The molecule has 17 heteroatoms. The van der Waals surface area contributed by atoms with Gasteiger partial charge in [-0.25, -0.2) is 29.2 Å². The average molecular weight is 932 g/mol. The number of nitrogens with zero attached hydrogens (tertiary/aromatic N) is 8. The molecule has 1 aliphatic carbocycles. The van der Waals surface area contributed by atoms with Crippen molar-refractivity contribution in [2.75, 3.05) is 51.1 Å². The van der Waals surface area contributed by atoms with Gasteiger partial charge in [0.05, 0.1) is 23.1 Å². The Morgan fingerprint density at radius 2 is 1.69 bits per heavy atom. The van der Waals surface area contributed by atoms with Gasteiger partial charge in [0.1, 0.15) is 30.0 Å². The maximum absolute atomic E-state index is 15.6. The van der Waals surface area contributed by atoms with Crippen LogP contribution in [0.4, 0.5) is 10.1 Å². The molecule has 2 N–H and O–H groups in total. The van der Waals surface area contributed by atoms with E-state index in [0.29, 0.717) is 96.3 Å². The number of fused-ring (bicyclic) bond motifs is 2. The summed E-state index contributed by atoms with van der Waals surface area (Å²) in [5.74, 6) is 0.804. The lowest BCUT2D eigenvalue weighted by Gasteiger charge is -2.34. The van der Waals surface area contributed by atoms with Crippen LogP contribution in [0.1, 0.15) is 97.4 Å². The third-order valence-electron chi connectivity index (χ3n) is 14.9. The molecule has 0 spiro atoms. The van der Waals surface area contributed by atoms with E-state index < -0.39 is 25.1 Å². The third-order valence-corrected chi connectivity index (χ3v) is 18.2. The van der Waals surface area contributed by atoms with Crippen LogP contribution in [0.2, 0.25) is 0 Å². The number of amides is 1. The molecule has 10 rings (SSSR count). The van der Waals surface area contributed by atoms with E-state index >= 15 is 9.18 Å². The molecule has 6 aromatic rings. The summed E-state index contributed by atoms with van der Waals surface area (Å²) in [6, 6.07) is 16.9. The zero-order valence-electron chi connectivity index (χ0n) is 39.4. The molecule has 1 amide bonds. The molecule has 2 fully saturated rings. The van der Waals surface area contributed by atoms with Crippen LogP contribution in [0.15, 0.2) is 76.8 Å². The van der Waals surface area contributed by atoms with Crippen LogP contribution in [0.3, 0.4) is 0 Å². The maximum atomic E-state index is 15.6. The number of aryl methyl sites for hydroxylation is 2. The van der Waals surface area contributed by atoms with Gasteiger partial charge in [-0.3, -0.25) is 13.9 Å². The number of aromatic nitrogens is 5. The Bertz CT molecular complexity index is 3070. The van der Waals surface area contributed by atoms with Gasteiger partial charge in [0, 0.05) is 92.5 Å². The lowest BCUT2D eigenvalue weighted by Crippen LogP contribution is -2.43. The Labute approximate surface area is 389 Å². The molecule has 0 radical (unpaired) electrons. The number of hydrogen-bond donors (Lipinski definition) is 2. The number of rotatable bonds is 11. The molecule has 15 nitrogen and oxygen atoms in total. The van der Waals surface area contributed by atoms with E-state index in [9.17, 15) is 14.5 Å². The van der Waals surface area contributed by atoms with Gasteiger partial charge in [0.15, 0.2) is 5.84 Å². The van der Waals surface area contributed by atoms with Crippen LogP contribution < -0.4 is 21.4 Å². The predicted octanol–water partition coefficient (Wildman–Crippen LogP) is 7.22. The maximum Gasteiger partial charge on any atom is 0.338 e. The van der Waals surface area contributed by atoms with Crippen molar-refractivity contribution in [1.82, 2.24) is 33.9 Å². The van der Waals surface area contributed by atoms with Gasteiger partial charge in [-0.05, 0) is 117 Å². The minimum absolute atomic E-state index is 0.0616. The highest BCUT2D eigenvalue weighted by atomic mass is 31.2. The minimum Gasteiger partial charge on any atom is -0.381 e. The predicted molar refractivity (Wildman–Crippen MR) is 258 cm³/mol. The highest BCUT2D eigenvalue weighted by Crippen LogP contribution is 2.54. The molecular formula is C50H59FN9O6P. The second kappa shape index (κ2) is 16.8. The molecule has 67 heavy (non-hydrogen) atoms. The second-order valence-electron chi connectivity index (χ2n) is 18.9. The van der Waals surface area contributed by atoms with Crippen LogP contribution in [0, 0.1) is 25.6 Å². The van der Waals surface area contributed by atoms with E-state index in [1.54, 1.807) is 52.2 Å². The number of carbonyl (C=O) groups is 1. The molecule has 1 saturated heterocycles. The molecule has 6 heterocycles. The van der Waals surface area contributed by atoms with Gasteiger partial charge in [0.25, 0.3) is 12.3 Å². The molecule has 4 atom stereocenters. The fourth-order valence-corrected chi connectivity index (χ4v) is 13.1. The van der Waals surface area contributed by atoms with Crippen LogP contribution >= 0.6 is 7.14 Å². The topological polar surface area (TPSA) is 153 Å². The molecule has 4 unspecified atom stereocenters. The number of halogens is 1. The summed E-state index contributed by atoms with van der Waals surface area (Å²) in [6.45, 7) is 13.1. The molecular weight excluding hydrogens is 873 g/mol. The first-order valence-electron chi connectivity index (χ1n) is 23.4. The van der Waals surface area contributed by atoms with Gasteiger partial charge < -0.3 is 28.8 Å². The molecule has 3 aliphatic heterocycles. The Hall–Kier alpha value is -5.80. The van der Waals surface area contributed by atoms with Gasteiger partial charge >= 0.3 is 5.69 Å². The Morgan fingerprint density at radius 1 is 0.985 bits per heavy atom. The van der Waals surface area contributed by atoms with E-state index in [1.165, 1.54) is 5.56 Å². The first-order valence-corrected chi connectivity index (χ1v) is 25.5. The van der Waals surface area contributed by atoms with Gasteiger partial charge in [-0.15, -0.1) is 0 Å². The zero-order chi connectivity index (χ0) is 47.3. The fourth-order valence-electron chi connectivity index (χ4n) is 10.9. The zero-order valence-corrected chi connectivity index (χ0v) is 40.3. The van der Waals surface area contributed by atoms with Crippen molar-refractivity contribution in [1.29, 1.82) is 0 Å². The van der Waals surface area contributed by atoms with Crippen LogP contribution in [-0.4, -0.2) is 97.8 Å². The molecule has 1 saturated carbocycles. The molecule has 352 valence electrons. The summed E-state index contributed by atoms with van der Waals surface area (Å²) in [6.07, 6.45) is 6.02. The van der Waals surface area contributed by atoms with Crippen LogP contribution in [-0.2, 0) is 26.1 Å². The first-order chi connectivity index (χ1) is 32.1. The first kappa shape index (κ1) is 45.0. The van der Waals surface area contributed by atoms with Crippen LogP contribution in [0.25, 0.3) is 28.1 Å². The van der Waals surface area contributed by atoms with Crippen molar-refractivity contribution >= 4 is 40.8 Å². The Balaban J connectivity index is 1.11. The number of amidine groups is 1. The monoisotopic (exact) mass is 931 g/mol. The number of imidazole rings is 1. The summed E-state index contributed by atoms with van der Waals surface area (Å²) in [4.78, 5) is 44.1. The smallest absolute Gasteiger partial charge is 0.338 e. The van der Waals surface area contributed by atoms with Crippen molar-refractivity contribution in [3.05, 3.63) is 117 Å². The largest absolute Gasteiger partial charge is 0.381 e. The van der Waals surface area contributed by atoms with E-state index in [0.717, 1.165) is 40.4 Å². The Kier molecular flexibility index (Phi) is 11.3. The van der Waals surface area contributed by atoms with E-state index in [1.807, 2.05) is 68.9 Å². The summed E-state index contributed by atoms with van der Waals surface area (Å²) in [5.41, 5.74) is 8.55. The molecule has 3 aromatic carbocycles. The summed E-state index contributed by atoms with van der Waals surface area (Å²) >= 11 is 0. The van der Waals surface area contributed by atoms with Crippen LogP contribution in [0.5, 0.6) is 0 Å². The minimum atomic E-state index is -2.66. The number of nitrogens with one attached hydrogen (secondary N) is 1. The quantitative estimate of drug-likeness (QED) is 0.128. The standard InChI is InChI=1S/C50H59FN9O6P/c1-9-67(64,10-2)42-14-12-36(27-40(42)55(7)8)57-19-20-58(49(57)63)45-43-32(6)56(18-15-38(43)53-60(45)37-23-29(3)44(51)30(4)24-37)46(61)41-26-35-25-34(33-16-21-65-22-17-33)11-13-39(35)59(41)50(28-31(50)5)47-52-48(62)66-54-47/h11-14,19-20,23-27,31-33,48,62H,9-10,15-18,21-22,28H2,1-8H3,(H,52,54). The molecule has 3 aromatic heterocycles. The number of carbonyl (C=O) groups excluding carboxylic acids is 1. The normalized spacial score (nSPS) is 22.0. The number of benzene rings is 3. The second-order valence-corrected chi connectivity index (χ2v) is 22.5. The number of aliphatic imine (C=N–C) groups is 1. The molecule has 4 aliphatic rings. The highest BCUT2D eigenvalue weighted by molar-refractivity contribution is 7.71. The summed E-state index contributed by atoms with van der Waals surface area (Å²) in [5, 5.41) is 17.2. The van der Waals surface area contributed by atoms with Crippen molar-refractivity contribution in [2.24, 2.45) is 10.9 Å². The SMILES string of the molecule is CCP(=O)(CC)c1ccc(-n2ccn(-c3c4c(nn3-c3cc(C)c(F)c(C)c3)CCN(C(=O)c3cc5cc(C6CCOCC6)ccc5n3C3(C5=NC(O)ON5)CC3C)C4C)c2=O)cc1N(C)C. The van der Waals surface area contributed by atoms with Crippen molar-refractivity contribution in [3.63, 3.8) is 0 Å². The van der Waals surface area contributed by atoms with Crippen molar-refractivity contribution < 1.29 is 28.4 Å². The number of hydrogen-bond acceptors (Lipinski definition) is 10. The number of ether oxygens (including phenoxy) is 1. The number of anilines is 1. The van der Waals surface area contributed by atoms with E-state index in [4.69, 9.17) is 14.7 Å². The third kappa shape index (κ3) is 7.21. The highest BCUT2D eigenvalue weighted by Gasteiger charge is 2.60. The van der Waals surface area contributed by atoms with E-state index in [-0.39, 0.29) is 23.3 Å². The van der Waals surface area contributed by atoms with E-state index in [2.05, 4.69) is 40.2 Å². The van der Waals surface area contributed by atoms with Gasteiger partial charge in [-0.1, -0.05) is 26.8 Å². The number of hydroxylamine groups is 1. The van der Waals surface area contributed by atoms with Gasteiger partial charge in [-0.2, -0.15) is 5.10 Å². The average Bonchev–Trinajstić information content (AvgIpc) is 3.82. The molecule has 0 bridgehead atoms. The Morgan fingerprint density at radius 3 is 2.33 bits per heavy atom. The van der Waals surface area contributed by atoms with Crippen molar-refractivity contribution in [2.45, 2.75) is 91.1 Å². The number of aliphatic hydroxyl groups is 1. The number of aliphatic hydroxyl groups excluding tert-OH is 1. The van der Waals surface area contributed by atoms with Crippen molar-refractivity contribution in [3.8, 4) is 17.2 Å². The lowest BCUT2D eigenvalue weighted by molar-refractivity contribution is -0.103. The van der Waals surface area contributed by atoms with Gasteiger partial charge in [0.2, 0.25) is 0 Å². The lowest BCUT2D eigenvalue weighted by atomic mass is 9.91. The fraction of sp³-hybridized carbons (Fsp3) is 0.440. The summed E-state index contributed by atoms with van der Waals surface area (Å²) in [7, 11) is 1.15.